The number of carbonyl (C=O) groups excluding carboxylic acids is 1. The Morgan fingerprint density at radius 2 is 1.68 bits per heavy atom. The first kappa shape index (κ1) is 18.1. The largest absolute Gasteiger partial charge is 0.324 e. The van der Waals surface area contributed by atoms with Crippen LogP contribution in [0.15, 0.2) is 48.5 Å². The molecule has 0 aliphatic heterocycles. The van der Waals surface area contributed by atoms with Crippen molar-refractivity contribution >= 4 is 58.0 Å². The van der Waals surface area contributed by atoms with Crippen LogP contribution in [0.25, 0.3) is 22.5 Å². The van der Waals surface area contributed by atoms with E-state index in [9.17, 15) is 4.79 Å². The van der Waals surface area contributed by atoms with Crippen LogP contribution in [0.4, 0.5) is 5.69 Å². The van der Waals surface area contributed by atoms with E-state index in [1.54, 1.807) is 30.3 Å². The van der Waals surface area contributed by atoms with Gasteiger partial charge in [-0.2, -0.15) is 5.10 Å². The van der Waals surface area contributed by atoms with Crippen molar-refractivity contribution in [2.45, 2.75) is 4.84 Å². The molecule has 0 bridgehead atoms. The highest BCUT2D eigenvalue weighted by atomic mass is 35.5. The quantitative estimate of drug-likeness (QED) is 0.530. The lowest BCUT2D eigenvalue weighted by atomic mass is 10.1. The zero-order chi connectivity index (χ0) is 18.0. The first-order valence-electron chi connectivity index (χ1n) is 7.15. The Morgan fingerprint density at radius 1 is 1.04 bits per heavy atom. The normalized spacial score (nSPS) is 10.9. The molecule has 0 aliphatic rings. The summed E-state index contributed by atoms with van der Waals surface area (Å²) in [7, 11) is 0. The second-order valence-corrected chi connectivity index (χ2v) is 7.04. The molecule has 0 fully saturated rings. The molecule has 1 aromatic heterocycles. The number of carbonyl (C=O) groups is 1. The number of aromatic nitrogens is 2. The van der Waals surface area contributed by atoms with E-state index in [1.807, 2.05) is 18.2 Å². The number of rotatable bonds is 4. The zero-order valence-electron chi connectivity index (χ0n) is 12.6. The zero-order valence-corrected chi connectivity index (χ0v) is 15.6. The number of anilines is 1. The Kier molecular flexibility index (Phi) is 5.54. The van der Waals surface area contributed by atoms with Gasteiger partial charge in [-0.25, -0.2) is 0 Å². The van der Waals surface area contributed by atoms with Crippen LogP contribution < -0.4 is 5.32 Å². The molecule has 128 valence electrons. The number of nitrogens with one attached hydrogen (secondary N) is 2. The summed E-state index contributed by atoms with van der Waals surface area (Å²) in [4.78, 5) is 10.4. The Hall–Kier alpha value is -1.72. The van der Waals surface area contributed by atoms with Crippen molar-refractivity contribution in [3.05, 3.63) is 58.6 Å². The maximum absolute atomic E-state index is 11.5. The van der Waals surface area contributed by atoms with Gasteiger partial charge in [-0.3, -0.25) is 9.89 Å². The highest BCUT2D eigenvalue weighted by Crippen LogP contribution is 2.35. The summed E-state index contributed by atoms with van der Waals surface area (Å²) in [6.07, 6.45) is 0. The summed E-state index contributed by atoms with van der Waals surface area (Å²) >= 11 is 23.5. The summed E-state index contributed by atoms with van der Waals surface area (Å²) in [5.74, 6) is -0.480. The Labute approximate surface area is 164 Å². The van der Waals surface area contributed by atoms with Crippen molar-refractivity contribution in [3.63, 3.8) is 0 Å². The van der Waals surface area contributed by atoms with Gasteiger partial charge in [0.25, 0.3) is 5.91 Å². The van der Waals surface area contributed by atoms with Crippen LogP contribution in [0.2, 0.25) is 10.0 Å². The maximum atomic E-state index is 11.5. The van der Waals surface area contributed by atoms with Gasteiger partial charge in [-0.1, -0.05) is 64.6 Å². The number of nitrogens with zero attached hydrogens (tertiary/aromatic N) is 1. The molecule has 3 rings (SSSR count). The average molecular weight is 415 g/mol. The number of hydrogen-bond acceptors (Lipinski definition) is 2. The summed E-state index contributed by atoms with van der Waals surface area (Å²) in [6, 6.07) is 14.3. The van der Waals surface area contributed by atoms with Gasteiger partial charge < -0.3 is 5.32 Å². The lowest BCUT2D eigenvalue weighted by molar-refractivity contribution is -0.114. The van der Waals surface area contributed by atoms with Gasteiger partial charge in [0.05, 0.1) is 21.4 Å². The van der Waals surface area contributed by atoms with Crippen molar-refractivity contribution in [2.24, 2.45) is 0 Å². The molecule has 0 aliphatic carbocycles. The molecule has 8 heteroatoms. The standard InChI is InChI=1S/C17H11Cl4N3O/c18-11-2-1-3-12(19)15(11)14-8-13(23-24-14)9-4-6-10(7-5-9)22-17(25)16(20)21/h1-8,16H,(H,22,25)(H,23,24). The molecular formula is C17H11Cl4N3O. The molecule has 0 unspecified atom stereocenters. The molecule has 0 saturated carbocycles. The van der Waals surface area contributed by atoms with Gasteiger partial charge >= 0.3 is 0 Å². The molecule has 0 atom stereocenters. The van der Waals surface area contributed by atoms with E-state index in [-0.39, 0.29) is 0 Å². The van der Waals surface area contributed by atoms with E-state index in [0.717, 1.165) is 17.0 Å². The summed E-state index contributed by atoms with van der Waals surface area (Å²) in [5, 5.41) is 10.9. The molecule has 3 aromatic rings. The molecule has 0 saturated heterocycles. The third-order valence-electron chi connectivity index (χ3n) is 3.46. The molecule has 0 spiro atoms. The van der Waals surface area contributed by atoms with E-state index in [4.69, 9.17) is 46.4 Å². The third kappa shape index (κ3) is 4.10. The van der Waals surface area contributed by atoms with E-state index in [0.29, 0.717) is 21.3 Å². The molecule has 25 heavy (non-hydrogen) atoms. The minimum Gasteiger partial charge on any atom is -0.324 e. The number of aromatic amines is 1. The van der Waals surface area contributed by atoms with Crippen LogP contribution in [0.1, 0.15) is 0 Å². The first-order chi connectivity index (χ1) is 12.0. The molecule has 2 N–H and O–H groups in total. The number of amides is 1. The van der Waals surface area contributed by atoms with E-state index < -0.39 is 10.7 Å². The SMILES string of the molecule is O=C(Nc1ccc(-c2cc(-c3c(Cl)cccc3Cl)[nH]n2)cc1)C(Cl)Cl. The number of hydrogen-bond donors (Lipinski definition) is 2. The van der Waals surface area contributed by atoms with Crippen LogP contribution in [0.3, 0.4) is 0 Å². The second-order valence-electron chi connectivity index (χ2n) is 5.13. The lowest BCUT2D eigenvalue weighted by Gasteiger charge is -2.06. The van der Waals surface area contributed by atoms with Gasteiger partial charge in [0.15, 0.2) is 4.84 Å². The van der Waals surface area contributed by atoms with E-state index >= 15 is 0 Å². The summed E-state index contributed by atoms with van der Waals surface area (Å²) in [5.41, 5.74) is 3.58. The average Bonchev–Trinajstić information content (AvgIpc) is 3.05. The lowest BCUT2D eigenvalue weighted by Crippen LogP contribution is -2.18. The van der Waals surface area contributed by atoms with E-state index in [2.05, 4.69) is 15.5 Å². The fourth-order valence-corrected chi connectivity index (χ4v) is 2.98. The number of benzene rings is 2. The van der Waals surface area contributed by atoms with Gasteiger partial charge in [0.2, 0.25) is 0 Å². The molecule has 1 amide bonds. The topological polar surface area (TPSA) is 57.8 Å². The predicted octanol–water partition coefficient (Wildman–Crippen LogP) is 5.79. The fourth-order valence-electron chi connectivity index (χ4n) is 2.27. The highest BCUT2D eigenvalue weighted by Gasteiger charge is 2.13. The molecule has 0 radical (unpaired) electrons. The van der Waals surface area contributed by atoms with Crippen LogP contribution in [-0.4, -0.2) is 20.9 Å². The maximum Gasteiger partial charge on any atom is 0.257 e. The van der Waals surface area contributed by atoms with Crippen molar-refractivity contribution in [3.8, 4) is 22.5 Å². The predicted molar refractivity (Wildman–Crippen MR) is 104 cm³/mol. The molecule has 4 nitrogen and oxygen atoms in total. The van der Waals surface area contributed by atoms with Gasteiger partial charge in [-0.15, -0.1) is 0 Å². The smallest absolute Gasteiger partial charge is 0.257 e. The summed E-state index contributed by atoms with van der Waals surface area (Å²) in [6.45, 7) is 0. The Morgan fingerprint density at radius 3 is 2.28 bits per heavy atom. The van der Waals surface area contributed by atoms with Crippen molar-refractivity contribution in [1.29, 1.82) is 0 Å². The van der Waals surface area contributed by atoms with Gasteiger partial charge in [0, 0.05) is 16.8 Å². The van der Waals surface area contributed by atoms with Gasteiger partial charge in [-0.05, 0) is 30.3 Å². The Balaban J connectivity index is 1.84. The van der Waals surface area contributed by atoms with Crippen LogP contribution in [0, 0.1) is 0 Å². The van der Waals surface area contributed by atoms with Crippen LogP contribution in [-0.2, 0) is 4.79 Å². The number of H-pyrrole nitrogens is 1. The van der Waals surface area contributed by atoms with E-state index in [1.165, 1.54) is 0 Å². The minimum absolute atomic E-state index is 0.480. The minimum atomic E-state index is -1.12. The molecule has 2 aromatic carbocycles. The number of alkyl halides is 2. The van der Waals surface area contributed by atoms with Crippen LogP contribution in [0.5, 0.6) is 0 Å². The van der Waals surface area contributed by atoms with Crippen LogP contribution >= 0.6 is 46.4 Å². The molecule has 1 heterocycles. The van der Waals surface area contributed by atoms with Crippen molar-refractivity contribution in [1.82, 2.24) is 10.2 Å². The molecular weight excluding hydrogens is 404 g/mol. The highest BCUT2D eigenvalue weighted by molar-refractivity contribution is 6.54. The first-order valence-corrected chi connectivity index (χ1v) is 8.78. The number of halogens is 4. The third-order valence-corrected chi connectivity index (χ3v) is 4.48. The summed E-state index contributed by atoms with van der Waals surface area (Å²) < 4.78 is 0. The monoisotopic (exact) mass is 413 g/mol. The van der Waals surface area contributed by atoms with Crippen molar-refractivity contribution in [2.75, 3.05) is 5.32 Å². The Bertz CT molecular complexity index is 886. The second kappa shape index (κ2) is 7.67. The van der Waals surface area contributed by atoms with Crippen molar-refractivity contribution < 1.29 is 4.79 Å². The fraction of sp³-hybridized carbons (Fsp3) is 0.0588. The van der Waals surface area contributed by atoms with Gasteiger partial charge in [0.1, 0.15) is 0 Å².